The predicted molar refractivity (Wildman–Crippen MR) is 80.1 cm³/mol. The van der Waals surface area contributed by atoms with E-state index in [1.165, 1.54) is 0 Å². The molecular weight excluding hydrogens is 272 g/mol. The molecule has 0 aliphatic heterocycles. The molecule has 20 heavy (non-hydrogen) atoms. The van der Waals surface area contributed by atoms with E-state index >= 15 is 0 Å². The van der Waals surface area contributed by atoms with Crippen molar-refractivity contribution in [3.63, 3.8) is 0 Å². The number of nitrogens with two attached hydrogens (primary N) is 1. The molecule has 100 valence electrons. The molecule has 2 heterocycles. The van der Waals surface area contributed by atoms with Gasteiger partial charge in [0.25, 0.3) is 5.56 Å². The van der Waals surface area contributed by atoms with Crippen LogP contribution in [0.4, 0.5) is 0 Å². The van der Waals surface area contributed by atoms with E-state index in [4.69, 9.17) is 5.73 Å². The Morgan fingerprint density at radius 1 is 1.25 bits per heavy atom. The minimum Gasteiger partial charge on any atom is -0.366 e. The Kier molecular flexibility index (Phi) is 3.12. The molecule has 0 saturated carbocycles. The van der Waals surface area contributed by atoms with E-state index in [9.17, 15) is 9.59 Å². The summed E-state index contributed by atoms with van der Waals surface area (Å²) >= 11 is 1.55. The molecule has 0 aliphatic carbocycles. The van der Waals surface area contributed by atoms with Crippen molar-refractivity contribution < 1.29 is 4.79 Å². The Morgan fingerprint density at radius 2 is 2.10 bits per heavy atom. The van der Waals surface area contributed by atoms with Gasteiger partial charge in [0.15, 0.2) is 0 Å². The molecule has 0 spiro atoms. The number of primary amides is 1. The lowest BCUT2D eigenvalue weighted by Crippen LogP contribution is -2.19. The number of benzene rings is 1. The van der Waals surface area contributed by atoms with Crippen molar-refractivity contribution >= 4 is 27.3 Å². The van der Waals surface area contributed by atoms with Crippen molar-refractivity contribution in [1.29, 1.82) is 0 Å². The fraction of sp³-hybridized carbons (Fsp3) is 0.0667. The summed E-state index contributed by atoms with van der Waals surface area (Å²) in [6, 6.07) is 10.8. The monoisotopic (exact) mass is 284 g/mol. The number of carbonyl (C=O) groups excluding carboxylic acids is 1. The van der Waals surface area contributed by atoms with Crippen molar-refractivity contribution in [3.8, 4) is 0 Å². The molecule has 3 rings (SSSR count). The fourth-order valence-electron chi connectivity index (χ4n) is 2.15. The minimum absolute atomic E-state index is 0.0202. The van der Waals surface area contributed by atoms with Crippen LogP contribution in [-0.2, 0) is 6.54 Å². The molecule has 0 radical (unpaired) electrons. The molecule has 3 aromatic rings. The Morgan fingerprint density at radius 3 is 2.90 bits per heavy atom. The van der Waals surface area contributed by atoms with Gasteiger partial charge in [-0.05, 0) is 35.2 Å². The zero-order chi connectivity index (χ0) is 14.1. The number of fused-ring (bicyclic) bond motifs is 1. The van der Waals surface area contributed by atoms with Gasteiger partial charge in [-0.3, -0.25) is 9.59 Å². The molecule has 0 atom stereocenters. The van der Waals surface area contributed by atoms with Gasteiger partial charge in [-0.15, -0.1) is 11.3 Å². The largest absolute Gasteiger partial charge is 0.366 e. The van der Waals surface area contributed by atoms with Gasteiger partial charge < -0.3 is 10.3 Å². The van der Waals surface area contributed by atoms with Crippen molar-refractivity contribution in [3.05, 3.63) is 69.5 Å². The second-order valence-electron chi connectivity index (χ2n) is 4.51. The van der Waals surface area contributed by atoms with Gasteiger partial charge in [-0.2, -0.15) is 0 Å². The number of carbonyl (C=O) groups is 1. The van der Waals surface area contributed by atoms with Crippen LogP contribution in [0.25, 0.3) is 10.1 Å². The molecule has 0 bridgehead atoms. The molecule has 0 aliphatic rings. The number of aromatic nitrogens is 1. The SMILES string of the molecule is NC(=O)c1cccc(Cn2ccc3sccc3c2=O)c1. The number of pyridine rings is 1. The maximum atomic E-state index is 12.3. The second kappa shape index (κ2) is 4.94. The third-order valence-corrected chi connectivity index (χ3v) is 4.04. The third kappa shape index (κ3) is 2.23. The number of amides is 1. The van der Waals surface area contributed by atoms with Crippen LogP contribution in [-0.4, -0.2) is 10.5 Å². The fourth-order valence-corrected chi connectivity index (χ4v) is 2.92. The molecule has 2 aromatic heterocycles. The van der Waals surface area contributed by atoms with E-state index in [1.54, 1.807) is 40.3 Å². The van der Waals surface area contributed by atoms with Gasteiger partial charge >= 0.3 is 0 Å². The van der Waals surface area contributed by atoms with Crippen LogP contribution in [0, 0.1) is 0 Å². The van der Waals surface area contributed by atoms with Crippen LogP contribution >= 0.6 is 11.3 Å². The highest BCUT2D eigenvalue weighted by molar-refractivity contribution is 7.17. The van der Waals surface area contributed by atoms with E-state index in [2.05, 4.69) is 0 Å². The molecule has 2 N–H and O–H groups in total. The van der Waals surface area contributed by atoms with Gasteiger partial charge in [0.05, 0.1) is 11.9 Å². The van der Waals surface area contributed by atoms with Crippen molar-refractivity contribution in [2.75, 3.05) is 0 Å². The lowest BCUT2D eigenvalue weighted by Gasteiger charge is -2.07. The average Bonchev–Trinajstić information content (AvgIpc) is 2.91. The van der Waals surface area contributed by atoms with Gasteiger partial charge in [0.2, 0.25) is 5.91 Å². The molecule has 1 amide bonds. The second-order valence-corrected chi connectivity index (χ2v) is 5.46. The first-order valence-electron chi connectivity index (χ1n) is 6.10. The van der Waals surface area contributed by atoms with Crippen LogP contribution < -0.4 is 11.3 Å². The van der Waals surface area contributed by atoms with Gasteiger partial charge in [0.1, 0.15) is 0 Å². The lowest BCUT2D eigenvalue weighted by atomic mass is 10.1. The van der Waals surface area contributed by atoms with Gasteiger partial charge in [0, 0.05) is 16.5 Å². The molecular formula is C15H12N2O2S. The molecule has 0 fully saturated rings. The summed E-state index contributed by atoms with van der Waals surface area (Å²) in [6.07, 6.45) is 1.78. The Labute approximate surface area is 119 Å². The molecule has 0 unspecified atom stereocenters. The van der Waals surface area contributed by atoms with Crippen molar-refractivity contribution in [2.45, 2.75) is 6.54 Å². The number of hydrogen-bond donors (Lipinski definition) is 1. The highest BCUT2D eigenvalue weighted by atomic mass is 32.1. The highest BCUT2D eigenvalue weighted by Gasteiger charge is 2.06. The summed E-state index contributed by atoms with van der Waals surface area (Å²) in [5.74, 6) is -0.465. The summed E-state index contributed by atoms with van der Waals surface area (Å²) in [5, 5.41) is 2.63. The first-order valence-corrected chi connectivity index (χ1v) is 6.98. The zero-order valence-corrected chi connectivity index (χ0v) is 11.4. The van der Waals surface area contributed by atoms with E-state index in [1.807, 2.05) is 23.6 Å². The standard InChI is InChI=1S/C15H12N2O2S/c16-14(18)11-3-1-2-10(8-11)9-17-6-4-13-12(15(17)19)5-7-20-13/h1-8H,9H2,(H2,16,18). The molecule has 1 aromatic carbocycles. The Hall–Kier alpha value is -2.40. The first kappa shape index (κ1) is 12.6. The minimum atomic E-state index is -0.465. The van der Waals surface area contributed by atoms with Crippen LogP contribution in [0.2, 0.25) is 0 Å². The quantitative estimate of drug-likeness (QED) is 0.801. The summed E-state index contributed by atoms with van der Waals surface area (Å²) in [4.78, 5) is 23.5. The van der Waals surface area contributed by atoms with Crippen molar-refractivity contribution in [2.24, 2.45) is 5.73 Å². The normalized spacial score (nSPS) is 10.8. The smallest absolute Gasteiger partial charge is 0.259 e. The first-order chi connectivity index (χ1) is 9.65. The lowest BCUT2D eigenvalue weighted by molar-refractivity contribution is 0.1000. The highest BCUT2D eigenvalue weighted by Crippen LogP contribution is 2.16. The van der Waals surface area contributed by atoms with E-state index in [0.29, 0.717) is 12.1 Å². The number of nitrogens with zero attached hydrogens (tertiary/aromatic N) is 1. The predicted octanol–water partition coefficient (Wildman–Crippen LogP) is 2.21. The van der Waals surface area contributed by atoms with E-state index in [0.717, 1.165) is 15.6 Å². The van der Waals surface area contributed by atoms with Crippen LogP contribution in [0.5, 0.6) is 0 Å². The van der Waals surface area contributed by atoms with Crippen LogP contribution in [0.3, 0.4) is 0 Å². The zero-order valence-electron chi connectivity index (χ0n) is 10.6. The number of hydrogen-bond acceptors (Lipinski definition) is 3. The average molecular weight is 284 g/mol. The van der Waals surface area contributed by atoms with Gasteiger partial charge in [-0.1, -0.05) is 12.1 Å². The Bertz CT molecular complexity index is 848. The number of rotatable bonds is 3. The third-order valence-electron chi connectivity index (χ3n) is 3.16. The number of thiophene rings is 1. The van der Waals surface area contributed by atoms with E-state index < -0.39 is 5.91 Å². The summed E-state index contributed by atoms with van der Waals surface area (Å²) in [7, 11) is 0. The van der Waals surface area contributed by atoms with Crippen LogP contribution in [0.15, 0.2) is 52.8 Å². The molecule has 0 saturated heterocycles. The maximum Gasteiger partial charge on any atom is 0.259 e. The van der Waals surface area contributed by atoms with Gasteiger partial charge in [-0.25, -0.2) is 0 Å². The topological polar surface area (TPSA) is 65.1 Å². The molecule has 5 heteroatoms. The maximum absolute atomic E-state index is 12.3. The summed E-state index contributed by atoms with van der Waals surface area (Å²) in [5.41, 5.74) is 6.56. The molecule has 4 nitrogen and oxygen atoms in total. The van der Waals surface area contributed by atoms with Crippen LogP contribution in [0.1, 0.15) is 15.9 Å². The summed E-state index contributed by atoms with van der Waals surface area (Å²) in [6.45, 7) is 0.422. The Balaban J connectivity index is 2.01. The van der Waals surface area contributed by atoms with E-state index in [-0.39, 0.29) is 5.56 Å². The summed E-state index contributed by atoms with van der Waals surface area (Å²) < 4.78 is 2.62. The van der Waals surface area contributed by atoms with Crippen molar-refractivity contribution in [1.82, 2.24) is 4.57 Å².